The van der Waals surface area contributed by atoms with Crippen molar-refractivity contribution in [3.05, 3.63) is 58.1 Å². The van der Waals surface area contributed by atoms with Crippen LogP contribution in [0.15, 0.2) is 46.9 Å². The quantitative estimate of drug-likeness (QED) is 0.587. The van der Waals surface area contributed by atoms with Crippen molar-refractivity contribution in [2.24, 2.45) is 0 Å². The fourth-order valence-electron chi connectivity index (χ4n) is 2.49. The van der Waals surface area contributed by atoms with Crippen LogP contribution >= 0.6 is 15.9 Å². The highest BCUT2D eigenvalue weighted by Gasteiger charge is 2.16. The molecular formula is C20H21BrF2N2O4. The van der Waals surface area contributed by atoms with Crippen LogP contribution in [0.5, 0.6) is 11.5 Å². The first-order valence-electron chi connectivity index (χ1n) is 8.76. The molecule has 0 saturated heterocycles. The molecule has 156 valence electrons. The molecule has 0 unspecified atom stereocenters. The summed E-state index contributed by atoms with van der Waals surface area (Å²) in [5.74, 6) is -0.552. The van der Waals surface area contributed by atoms with Crippen molar-refractivity contribution in [1.29, 1.82) is 0 Å². The Morgan fingerprint density at radius 2 is 1.79 bits per heavy atom. The molecule has 2 amide bonds. The number of rotatable bonds is 9. The summed E-state index contributed by atoms with van der Waals surface area (Å²) in [5.41, 5.74) is 1.22. The standard InChI is InChI=1S/C20H21BrF2N2O4/c1-12(25-19(27)14-4-6-15(21)7-5-14)18(26)24-10-9-13-3-8-16(29-20(22)23)17(11-13)28-2/h3-8,11-12,20H,9-10H2,1-2H3,(H,24,26)(H,25,27)/t12-/m1/s1. The van der Waals surface area contributed by atoms with Gasteiger partial charge >= 0.3 is 6.61 Å². The zero-order valence-corrected chi connectivity index (χ0v) is 17.5. The average Bonchev–Trinajstić information content (AvgIpc) is 2.68. The summed E-state index contributed by atoms with van der Waals surface area (Å²) < 4.78 is 35.0. The van der Waals surface area contributed by atoms with Crippen molar-refractivity contribution in [3.8, 4) is 11.5 Å². The van der Waals surface area contributed by atoms with Gasteiger partial charge in [-0.3, -0.25) is 9.59 Å². The molecule has 0 saturated carbocycles. The average molecular weight is 471 g/mol. The second kappa shape index (κ2) is 10.8. The molecule has 0 aliphatic rings. The van der Waals surface area contributed by atoms with Gasteiger partial charge in [0.15, 0.2) is 11.5 Å². The number of alkyl halides is 2. The number of methoxy groups -OCH3 is 1. The van der Waals surface area contributed by atoms with Crippen LogP contribution in [-0.2, 0) is 11.2 Å². The van der Waals surface area contributed by atoms with Gasteiger partial charge in [-0.2, -0.15) is 8.78 Å². The van der Waals surface area contributed by atoms with Crippen LogP contribution < -0.4 is 20.1 Å². The summed E-state index contributed by atoms with van der Waals surface area (Å²) in [6.07, 6.45) is 0.449. The molecule has 6 nitrogen and oxygen atoms in total. The van der Waals surface area contributed by atoms with Gasteiger partial charge in [-0.15, -0.1) is 0 Å². The number of carbonyl (C=O) groups is 2. The molecule has 0 radical (unpaired) electrons. The van der Waals surface area contributed by atoms with Crippen molar-refractivity contribution in [2.75, 3.05) is 13.7 Å². The van der Waals surface area contributed by atoms with Crippen LogP contribution in [0.25, 0.3) is 0 Å². The Morgan fingerprint density at radius 3 is 2.41 bits per heavy atom. The lowest BCUT2D eigenvalue weighted by molar-refractivity contribution is -0.122. The van der Waals surface area contributed by atoms with Gasteiger partial charge in [0.05, 0.1) is 7.11 Å². The van der Waals surface area contributed by atoms with Gasteiger partial charge in [0.25, 0.3) is 5.91 Å². The molecule has 9 heteroatoms. The van der Waals surface area contributed by atoms with E-state index in [1.165, 1.54) is 13.2 Å². The Kier molecular flexibility index (Phi) is 8.38. The van der Waals surface area contributed by atoms with E-state index in [-0.39, 0.29) is 23.3 Å². The summed E-state index contributed by atoms with van der Waals surface area (Å²) in [6.45, 7) is -1.05. The fraction of sp³-hybridized carbons (Fsp3) is 0.300. The van der Waals surface area contributed by atoms with Gasteiger partial charge in [-0.1, -0.05) is 22.0 Å². The lowest BCUT2D eigenvalue weighted by Crippen LogP contribution is -2.45. The molecule has 2 rings (SSSR count). The van der Waals surface area contributed by atoms with E-state index >= 15 is 0 Å². The summed E-state index contributed by atoms with van der Waals surface area (Å²) in [7, 11) is 1.36. The largest absolute Gasteiger partial charge is 0.493 e. The lowest BCUT2D eigenvalue weighted by atomic mass is 10.1. The fourth-order valence-corrected chi connectivity index (χ4v) is 2.76. The highest BCUT2D eigenvalue weighted by atomic mass is 79.9. The molecule has 1 atom stereocenters. The molecule has 0 aromatic heterocycles. The molecule has 0 bridgehead atoms. The molecule has 2 N–H and O–H groups in total. The minimum atomic E-state index is -2.94. The van der Waals surface area contributed by atoms with Gasteiger partial charge in [-0.05, 0) is 55.3 Å². The zero-order valence-electron chi connectivity index (χ0n) is 15.9. The summed E-state index contributed by atoms with van der Waals surface area (Å²) >= 11 is 3.30. The van der Waals surface area contributed by atoms with Gasteiger partial charge in [-0.25, -0.2) is 0 Å². The summed E-state index contributed by atoms with van der Waals surface area (Å²) in [6, 6.07) is 10.6. The Morgan fingerprint density at radius 1 is 1.10 bits per heavy atom. The highest BCUT2D eigenvalue weighted by molar-refractivity contribution is 9.10. The van der Waals surface area contributed by atoms with E-state index in [1.807, 2.05) is 0 Å². The van der Waals surface area contributed by atoms with Gasteiger partial charge in [0.1, 0.15) is 6.04 Å². The molecule has 0 spiro atoms. The van der Waals surface area contributed by atoms with E-state index in [1.54, 1.807) is 43.3 Å². The second-order valence-electron chi connectivity index (χ2n) is 6.11. The van der Waals surface area contributed by atoms with Gasteiger partial charge < -0.3 is 20.1 Å². The van der Waals surface area contributed by atoms with Crippen LogP contribution in [0.3, 0.4) is 0 Å². The first kappa shape index (κ1) is 22.6. The lowest BCUT2D eigenvalue weighted by Gasteiger charge is -2.15. The number of benzene rings is 2. The maximum Gasteiger partial charge on any atom is 0.387 e. The molecule has 0 aliphatic carbocycles. The zero-order chi connectivity index (χ0) is 21.4. The Balaban J connectivity index is 1.84. The van der Waals surface area contributed by atoms with Crippen LogP contribution in [0.1, 0.15) is 22.8 Å². The van der Waals surface area contributed by atoms with Crippen LogP contribution in [-0.4, -0.2) is 38.1 Å². The Bertz CT molecular complexity index is 847. The van der Waals surface area contributed by atoms with Crippen LogP contribution in [0.4, 0.5) is 8.78 Å². The smallest absolute Gasteiger partial charge is 0.387 e. The Hall–Kier alpha value is -2.68. The number of nitrogens with one attached hydrogen (secondary N) is 2. The maximum atomic E-state index is 12.4. The van der Waals surface area contributed by atoms with Crippen LogP contribution in [0, 0.1) is 0 Å². The van der Waals surface area contributed by atoms with Crippen molar-refractivity contribution in [1.82, 2.24) is 10.6 Å². The summed E-state index contributed by atoms with van der Waals surface area (Å²) in [5, 5.41) is 5.36. The number of carbonyl (C=O) groups excluding carboxylic acids is 2. The molecule has 29 heavy (non-hydrogen) atoms. The number of hydrogen-bond acceptors (Lipinski definition) is 4. The first-order valence-corrected chi connectivity index (χ1v) is 9.55. The first-order chi connectivity index (χ1) is 13.8. The van der Waals surface area contributed by atoms with Gasteiger partial charge in [0, 0.05) is 16.6 Å². The van der Waals surface area contributed by atoms with E-state index < -0.39 is 12.7 Å². The third-order valence-electron chi connectivity index (χ3n) is 4.00. The number of halogens is 3. The highest BCUT2D eigenvalue weighted by Crippen LogP contribution is 2.29. The van der Waals surface area contributed by atoms with Crippen molar-refractivity contribution in [2.45, 2.75) is 26.0 Å². The summed E-state index contributed by atoms with van der Waals surface area (Å²) in [4.78, 5) is 24.4. The minimum absolute atomic E-state index is 0.0560. The number of amides is 2. The van der Waals surface area contributed by atoms with E-state index in [4.69, 9.17) is 4.74 Å². The second-order valence-corrected chi connectivity index (χ2v) is 7.02. The third kappa shape index (κ3) is 7.01. The predicted molar refractivity (Wildman–Crippen MR) is 107 cm³/mol. The van der Waals surface area contributed by atoms with Crippen molar-refractivity contribution >= 4 is 27.7 Å². The molecule has 2 aromatic carbocycles. The molecule has 0 aliphatic heterocycles. The van der Waals surface area contributed by atoms with Crippen LogP contribution in [0.2, 0.25) is 0 Å². The molecule has 0 fully saturated rings. The van der Waals surface area contributed by atoms with E-state index in [2.05, 4.69) is 31.3 Å². The predicted octanol–water partition coefficient (Wildman–Crippen LogP) is 3.54. The number of ether oxygens (including phenoxy) is 2. The minimum Gasteiger partial charge on any atom is -0.493 e. The Labute approximate surface area is 175 Å². The topological polar surface area (TPSA) is 76.7 Å². The van der Waals surface area contributed by atoms with Crippen molar-refractivity contribution < 1.29 is 27.8 Å². The molecule has 2 aromatic rings. The van der Waals surface area contributed by atoms with E-state index in [0.717, 1.165) is 10.0 Å². The monoisotopic (exact) mass is 470 g/mol. The van der Waals surface area contributed by atoms with E-state index in [9.17, 15) is 18.4 Å². The van der Waals surface area contributed by atoms with Gasteiger partial charge in [0.2, 0.25) is 5.91 Å². The molecular weight excluding hydrogens is 450 g/mol. The third-order valence-corrected chi connectivity index (χ3v) is 4.53. The SMILES string of the molecule is COc1cc(CCNC(=O)[C@@H](C)NC(=O)c2ccc(Br)cc2)ccc1OC(F)F. The normalized spacial score (nSPS) is 11.7. The van der Waals surface area contributed by atoms with Crippen molar-refractivity contribution in [3.63, 3.8) is 0 Å². The maximum absolute atomic E-state index is 12.4. The number of hydrogen-bond donors (Lipinski definition) is 2. The molecule has 0 heterocycles. The van der Waals surface area contributed by atoms with E-state index in [0.29, 0.717) is 18.5 Å².